The van der Waals surface area contributed by atoms with Crippen LogP contribution >= 0.6 is 0 Å². The molecule has 0 bridgehead atoms. The molecule has 0 amide bonds. The third kappa shape index (κ3) is 4.02. The fraction of sp³-hybridized carbons (Fsp3) is 0.400. The first-order chi connectivity index (χ1) is 14.3. The van der Waals surface area contributed by atoms with E-state index in [0.717, 1.165) is 52.3 Å². The lowest BCUT2D eigenvalue weighted by Gasteiger charge is -2.27. The number of ether oxygens (including phenoxy) is 1. The Hall–Kier alpha value is -3.31. The molecule has 3 rings (SSSR count). The van der Waals surface area contributed by atoms with Crippen LogP contribution in [0.3, 0.4) is 0 Å². The van der Waals surface area contributed by atoms with Gasteiger partial charge in [-0.1, -0.05) is 33.8 Å². The van der Waals surface area contributed by atoms with E-state index in [2.05, 4.69) is 39.8 Å². The predicted octanol–water partition coefficient (Wildman–Crippen LogP) is 5.65. The molecule has 0 N–H and O–H groups in total. The molecular formula is C25H28N4O. The molecule has 30 heavy (non-hydrogen) atoms. The zero-order chi connectivity index (χ0) is 22.0. The number of hydrogen-bond donors (Lipinski definition) is 0. The molecule has 2 aliphatic rings. The van der Waals surface area contributed by atoms with Gasteiger partial charge in [-0.05, 0) is 53.5 Å². The topological polar surface area (TPSA) is 72.4 Å². The highest BCUT2D eigenvalue weighted by Crippen LogP contribution is 2.49. The van der Waals surface area contributed by atoms with Crippen molar-refractivity contribution in [3.63, 3.8) is 0 Å². The maximum Gasteiger partial charge on any atom is 0.140 e. The van der Waals surface area contributed by atoms with Gasteiger partial charge in [-0.15, -0.1) is 0 Å². The van der Waals surface area contributed by atoms with Crippen LogP contribution in [0.15, 0.2) is 45.7 Å². The maximum absolute atomic E-state index is 9.19. The number of fused-ring (bicyclic) bond motifs is 2. The van der Waals surface area contributed by atoms with Gasteiger partial charge in [0, 0.05) is 25.2 Å². The summed E-state index contributed by atoms with van der Waals surface area (Å²) >= 11 is 0. The van der Waals surface area contributed by atoms with E-state index in [4.69, 9.17) is 9.73 Å². The van der Waals surface area contributed by atoms with Crippen molar-refractivity contribution in [2.24, 2.45) is 4.99 Å². The second kappa shape index (κ2) is 8.59. The molecule has 0 fully saturated rings. The van der Waals surface area contributed by atoms with Gasteiger partial charge in [-0.3, -0.25) is 0 Å². The molecule has 1 aromatic carbocycles. The van der Waals surface area contributed by atoms with Crippen LogP contribution in [-0.2, 0) is 0 Å². The van der Waals surface area contributed by atoms with E-state index in [1.54, 1.807) is 6.08 Å². The fourth-order valence-corrected chi connectivity index (χ4v) is 3.75. The number of hydrogen-bond acceptors (Lipinski definition) is 4. The second-order valence-electron chi connectivity index (χ2n) is 8.57. The molecule has 0 spiro atoms. The van der Waals surface area contributed by atoms with E-state index in [-0.39, 0.29) is 11.5 Å². The van der Waals surface area contributed by atoms with Crippen molar-refractivity contribution < 1.29 is 4.74 Å². The van der Waals surface area contributed by atoms with Gasteiger partial charge in [0.25, 0.3) is 0 Å². The number of nitriles is 2. The molecule has 0 saturated heterocycles. The summed E-state index contributed by atoms with van der Waals surface area (Å²) in [5.41, 5.74) is 6.37. The molecule has 154 valence electrons. The summed E-state index contributed by atoms with van der Waals surface area (Å²) in [6.07, 6.45) is 4.96. The summed E-state index contributed by atoms with van der Waals surface area (Å²) in [6.45, 7) is 8.72. The normalized spacial score (nSPS) is 15.1. The Bertz CT molecular complexity index is 1050. The largest absolute Gasteiger partial charge is 0.456 e. The van der Waals surface area contributed by atoms with Gasteiger partial charge in [0.15, 0.2) is 0 Å². The minimum atomic E-state index is 0.0886. The molecule has 1 heterocycles. The monoisotopic (exact) mass is 400 g/mol. The van der Waals surface area contributed by atoms with Crippen LogP contribution < -0.4 is 4.74 Å². The van der Waals surface area contributed by atoms with Gasteiger partial charge in [-0.25, -0.2) is 4.99 Å². The lowest BCUT2D eigenvalue weighted by molar-refractivity contribution is 0.421. The van der Waals surface area contributed by atoms with Crippen LogP contribution in [0.4, 0.5) is 0 Å². The molecule has 5 nitrogen and oxygen atoms in total. The molecule has 1 aliphatic heterocycles. The number of allylic oxidation sites excluding steroid dienone is 4. The van der Waals surface area contributed by atoms with Gasteiger partial charge in [0.1, 0.15) is 29.2 Å². The predicted molar refractivity (Wildman–Crippen MR) is 120 cm³/mol. The van der Waals surface area contributed by atoms with Gasteiger partial charge >= 0.3 is 0 Å². The standard InChI is InChI=1S/C25H28N4O/c1-15(2)19-10-21(16(3)4)25-22(11-19)23(28-14-29(5)6)20-8-7-18(24(20)30-25)9-17(12-26)13-27/h9-11,14-16H,7-8H2,1-6H3. The highest BCUT2D eigenvalue weighted by Gasteiger charge is 2.33. The summed E-state index contributed by atoms with van der Waals surface area (Å²) in [5, 5.41) is 18.4. The van der Waals surface area contributed by atoms with Crippen LogP contribution in [0.2, 0.25) is 0 Å². The molecular weight excluding hydrogens is 372 g/mol. The van der Waals surface area contributed by atoms with Crippen LogP contribution in [-0.4, -0.2) is 25.3 Å². The zero-order valence-corrected chi connectivity index (χ0v) is 18.6. The summed E-state index contributed by atoms with van der Waals surface area (Å²) in [7, 11) is 3.90. The smallest absolute Gasteiger partial charge is 0.140 e. The Morgan fingerprint density at radius 1 is 1.10 bits per heavy atom. The van der Waals surface area contributed by atoms with Crippen LogP contribution in [0.5, 0.6) is 5.75 Å². The van der Waals surface area contributed by atoms with Crippen LogP contribution in [0.1, 0.15) is 69.1 Å². The van der Waals surface area contributed by atoms with Gasteiger partial charge in [-0.2, -0.15) is 10.5 Å². The summed E-state index contributed by atoms with van der Waals surface area (Å²) < 4.78 is 6.49. The molecule has 0 radical (unpaired) electrons. The molecule has 0 atom stereocenters. The third-order valence-corrected chi connectivity index (χ3v) is 5.36. The van der Waals surface area contributed by atoms with Gasteiger partial charge in [0.05, 0.1) is 12.0 Å². The molecule has 0 saturated carbocycles. The number of aliphatic imine (C=N–C) groups is 1. The van der Waals surface area contributed by atoms with E-state index in [0.29, 0.717) is 5.92 Å². The number of rotatable bonds is 5. The summed E-state index contributed by atoms with van der Waals surface area (Å²) in [6, 6.07) is 8.33. The Kier molecular flexibility index (Phi) is 6.13. The van der Waals surface area contributed by atoms with Gasteiger partial charge < -0.3 is 9.64 Å². The Morgan fingerprint density at radius 3 is 2.37 bits per heavy atom. The quantitative estimate of drug-likeness (QED) is 0.364. The lowest BCUT2D eigenvalue weighted by atomic mass is 9.88. The average molecular weight is 401 g/mol. The summed E-state index contributed by atoms with van der Waals surface area (Å²) in [5.74, 6) is 2.26. The Morgan fingerprint density at radius 2 is 1.80 bits per heavy atom. The van der Waals surface area contributed by atoms with Crippen LogP contribution in [0.25, 0.3) is 5.70 Å². The Balaban J connectivity index is 2.32. The van der Waals surface area contributed by atoms with Crippen molar-refractivity contribution in [2.75, 3.05) is 14.1 Å². The van der Waals surface area contributed by atoms with Gasteiger partial charge in [0.2, 0.25) is 0 Å². The van der Waals surface area contributed by atoms with E-state index in [1.165, 1.54) is 5.56 Å². The molecule has 1 aromatic rings. The second-order valence-corrected chi connectivity index (χ2v) is 8.57. The zero-order valence-electron chi connectivity index (χ0n) is 18.6. The van der Waals surface area contributed by atoms with E-state index in [9.17, 15) is 10.5 Å². The fourth-order valence-electron chi connectivity index (χ4n) is 3.75. The highest BCUT2D eigenvalue weighted by atomic mass is 16.5. The molecule has 0 unspecified atom stereocenters. The van der Waals surface area contributed by atoms with Crippen molar-refractivity contribution in [3.05, 3.63) is 57.4 Å². The number of nitrogens with zero attached hydrogens (tertiary/aromatic N) is 4. The first-order valence-electron chi connectivity index (χ1n) is 10.3. The van der Waals surface area contributed by atoms with Crippen LogP contribution in [0, 0.1) is 22.7 Å². The average Bonchev–Trinajstić information content (AvgIpc) is 3.10. The minimum absolute atomic E-state index is 0.0886. The SMILES string of the molecule is CC(C)c1cc2c(c(C(C)C)c1)OC1=C(C=C(C#N)C#N)CCC1=C2N=CN(C)C. The highest BCUT2D eigenvalue weighted by molar-refractivity contribution is 5.84. The first-order valence-corrected chi connectivity index (χ1v) is 10.3. The van der Waals surface area contributed by atoms with Crippen molar-refractivity contribution in [1.29, 1.82) is 10.5 Å². The maximum atomic E-state index is 9.19. The van der Waals surface area contributed by atoms with Crippen molar-refractivity contribution in [2.45, 2.75) is 52.4 Å². The summed E-state index contributed by atoms with van der Waals surface area (Å²) in [4.78, 5) is 6.75. The van der Waals surface area contributed by atoms with E-state index < -0.39 is 0 Å². The third-order valence-electron chi connectivity index (χ3n) is 5.36. The minimum Gasteiger partial charge on any atom is -0.456 e. The van der Waals surface area contributed by atoms with Crippen molar-refractivity contribution in [1.82, 2.24) is 4.90 Å². The van der Waals surface area contributed by atoms with E-state index >= 15 is 0 Å². The molecule has 0 aromatic heterocycles. The van der Waals surface area contributed by atoms with Crippen molar-refractivity contribution in [3.8, 4) is 17.9 Å². The lowest BCUT2D eigenvalue weighted by Crippen LogP contribution is -2.13. The van der Waals surface area contributed by atoms with Crippen molar-refractivity contribution >= 4 is 12.0 Å². The molecule has 5 heteroatoms. The Labute approximate surface area is 179 Å². The number of benzene rings is 1. The first kappa shape index (κ1) is 21.4. The molecule has 1 aliphatic carbocycles. The van der Waals surface area contributed by atoms with E-state index in [1.807, 2.05) is 37.5 Å².